The molecule has 0 aliphatic rings. The zero-order valence-electron chi connectivity index (χ0n) is 15.6. The molecule has 2 aromatic rings. The van der Waals surface area contributed by atoms with Gasteiger partial charge >= 0.3 is 0 Å². The summed E-state index contributed by atoms with van der Waals surface area (Å²) in [7, 11) is 0. The average Bonchev–Trinajstić information content (AvgIpc) is 2.56. The highest BCUT2D eigenvalue weighted by atomic mass is 19.1. The number of halogens is 1. The van der Waals surface area contributed by atoms with Crippen LogP contribution in [0.15, 0.2) is 42.5 Å². The van der Waals surface area contributed by atoms with Crippen molar-refractivity contribution in [3.63, 3.8) is 0 Å². The van der Waals surface area contributed by atoms with Gasteiger partial charge in [0.1, 0.15) is 11.9 Å². The third-order valence-corrected chi connectivity index (χ3v) is 4.16. The molecular weight excluding hydrogens is 331 g/mol. The Morgan fingerprint density at radius 1 is 1.04 bits per heavy atom. The summed E-state index contributed by atoms with van der Waals surface area (Å²) in [5, 5.41) is 5.63. The summed E-state index contributed by atoms with van der Waals surface area (Å²) in [5.41, 5.74) is 2.57. The first-order valence-corrected chi connectivity index (χ1v) is 8.71. The van der Waals surface area contributed by atoms with Crippen molar-refractivity contribution in [1.82, 2.24) is 5.32 Å². The van der Waals surface area contributed by atoms with E-state index in [9.17, 15) is 14.0 Å². The maximum atomic E-state index is 13.2. The lowest BCUT2D eigenvalue weighted by atomic mass is 10.0. The highest BCUT2D eigenvalue weighted by Gasteiger charge is 2.23. The summed E-state index contributed by atoms with van der Waals surface area (Å²) in [6.07, 6.45) is 0.504. The predicted molar refractivity (Wildman–Crippen MR) is 102 cm³/mol. The van der Waals surface area contributed by atoms with Gasteiger partial charge in [-0.1, -0.05) is 32.0 Å². The van der Waals surface area contributed by atoms with Gasteiger partial charge in [0.2, 0.25) is 5.91 Å². The van der Waals surface area contributed by atoms with E-state index in [1.165, 1.54) is 18.2 Å². The van der Waals surface area contributed by atoms with Crippen molar-refractivity contribution < 1.29 is 14.0 Å². The number of nitrogens with one attached hydrogen (secondary N) is 2. The van der Waals surface area contributed by atoms with Crippen molar-refractivity contribution in [3.05, 3.63) is 65.0 Å². The fourth-order valence-corrected chi connectivity index (χ4v) is 2.75. The van der Waals surface area contributed by atoms with Gasteiger partial charge in [-0.15, -0.1) is 0 Å². The first-order chi connectivity index (χ1) is 12.3. The van der Waals surface area contributed by atoms with E-state index in [4.69, 9.17) is 0 Å². The van der Waals surface area contributed by atoms with Crippen molar-refractivity contribution in [2.75, 3.05) is 5.32 Å². The van der Waals surface area contributed by atoms with Crippen molar-refractivity contribution in [2.24, 2.45) is 5.92 Å². The van der Waals surface area contributed by atoms with Crippen molar-refractivity contribution in [1.29, 1.82) is 0 Å². The molecule has 0 radical (unpaired) electrons. The molecule has 0 spiro atoms. The lowest BCUT2D eigenvalue weighted by molar-refractivity contribution is -0.118. The van der Waals surface area contributed by atoms with Crippen LogP contribution in [0.3, 0.4) is 0 Å². The average molecular weight is 356 g/mol. The Bertz CT molecular complexity index is 802. The summed E-state index contributed by atoms with van der Waals surface area (Å²) < 4.78 is 13.2. The van der Waals surface area contributed by atoms with Crippen LogP contribution in [0.4, 0.5) is 10.1 Å². The van der Waals surface area contributed by atoms with Crippen LogP contribution in [0.1, 0.15) is 41.8 Å². The molecule has 0 bridgehead atoms. The third-order valence-electron chi connectivity index (χ3n) is 4.16. The molecule has 4 nitrogen and oxygen atoms in total. The summed E-state index contributed by atoms with van der Waals surface area (Å²) >= 11 is 0. The van der Waals surface area contributed by atoms with E-state index in [1.54, 1.807) is 19.1 Å². The van der Waals surface area contributed by atoms with E-state index in [0.717, 1.165) is 5.56 Å². The van der Waals surface area contributed by atoms with Crippen LogP contribution in [-0.2, 0) is 4.79 Å². The largest absolute Gasteiger partial charge is 0.340 e. The fourth-order valence-electron chi connectivity index (χ4n) is 2.75. The first kappa shape index (κ1) is 19.6. The predicted octanol–water partition coefficient (Wildman–Crippen LogP) is 4.23. The Morgan fingerprint density at radius 2 is 1.73 bits per heavy atom. The van der Waals surface area contributed by atoms with Gasteiger partial charge in [-0.3, -0.25) is 9.59 Å². The normalized spacial score (nSPS) is 11.9. The first-order valence-electron chi connectivity index (χ1n) is 8.71. The highest BCUT2D eigenvalue weighted by Crippen LogP contribution is 2.17. The van der Waals surface area contributed by atoms with Crippen LogP contribution < -0.4 is 10.6 Å². The van der Waals surface area contributed by atoms with E-state index in [0.29, 0.717) is 23.2 Å². The molecule has 5 heteroatoms. The summed E-state index contributed by atoms with van der Waals surface area (Å²) in [6, 6.07) is 10.8. The van der Waals surface area contributed by atoms with Crippen LogP contribution in [0, 0.1) is 25.6 Å². The Balaban J connectivity index is 2.16. The van der Waals surface area contributed by atoms with Gasteiger partial charge in [0.15, 0.2) is 0 Å². The molecule has 0 fully saturated rings. The van der Waals surface area contributed by atoms with E-state index in [2.05, 4.69) is 10.6 Å². The number of benzene rings is 2. The van der Waals surface area contributed by atoms with Crippen LogP contribution in [0.25, 0.3) is 0 Å². The minimum absolute atomic E-state index is 0.220. The fraction of sp³-hybridized carbons (Fsp3) is 0.333. The van der Waals surface area contributed by atoms with Gasteiger partial charge in [-0.2, -0.15) is 0 Å². The van der Waals surface area contributed by atoms with Crippen LogP contribution >= 0.6 is 0 Å². The lowest BCUT2D eigenvalue weighted by Crippen LogP contribution is -2.44. The molecule has 0 unspecified atom stereocenters. The molecule has 138 valence electrons. The smallest absolute Gasteiger partial charge is 0.252 e. The molecule has 0 saturated carbocycles. The monoisotopic (exact) mass is 356 g/mol. The SMILES string of the molecule is Cc1cc(F)ccc1NC(=O)[C@@H](CC(C)C)NC(=O)c1ccccc1C. The highest BCUT2D eigenvalue weighted by molar-refractivity contribution is 6.02. The third kappa shape index (κ3) is 5.15. The second-order valence-corrected chi connectivity index (χ2v) is 6.92. The lowest BCUT2D eigenvalue weighted by Gasteiger charge is -2.21. The van der Waals surface area contributed by atoms with E-state index < -0.39 is 6.04 Å². The van der Waals surface area contributed by atoms with E-state index in [-0.39, 0.29) is 23.5 Å². The molecule has 0 aliphatic carbocycles. The molecule has 0 aliphatic heterocycles. The maximum absolute atomic E-state index is 13.2. The van der Waals surface area contributed by atoms with Gasteiger partial charge in [-0.05, 0) is 61.6 Å². The van der Waals surface area contributed by atoms with Crippen molar-refractivity contribution in [3.8, 4) is 0 Å². The van der Waals surface area contributed by atoms with Gasteiger partial charge < -0.3 is 10.6 Å². The van der Waals surface area contributed by atoms with Crippen molar-refractivity contribution in [2.45, 2.75) is 40.2 Å². The number of aryl methyl sites for hydroxylation is 2. The Kier molecular flexibility index (Phi) is 6.50. The molecular formula is C21H25FN2O2. The molecule has 2 rings (SSSR count). The van der Waals surface area contributed by atoms with Gasteiger partial charge in [-0.25, -0.2) is 4.39 Å². The minimum atomic E-state index is -0.674. The van der Waals surface area contributed by atoms with Gasteiger partial charge in [0, 0.05) is 11.3 Å². The molecule has 26 heavy (non-hydrogen) atoms. The second-order valence-electron chi connectivity index (χ2n) is 6.92. The quantitative estimate of drug-likeness (QED) is 0.814. The Hall–Kier alpha value is -2.69. The van der Waals surface area contributed by atoms with Crippen LogP contribution in [0.2, 0.25) is 0 Å². The Labute approximate surface area is 153 Å². The number of amides is 2. The summed E-state index contributed by atoms with van der Waals surface area (Å²) in [4.78, 5) is 25.3. The Morgan fingerprint density at radius 3 is 2.35 bits per heavy atom. The topological polar surface area (TPSA) is 58.2 Å². The zero-order chi connectivity index (χ0) is 19.3. The second kappa shape index (κ2) is 8.61. The van der Waals surface area contributed by atoms with Gasteiger partial charge in [0.25, 0.3) is 5.91 Å². The van der Waals surface area contributed by atoms with Crippen LogP contribution in [-0.4, -0.2) is 17.9 Å². The number of carbonyl (C=O) groups is 2. The number of rotatable bonds is 6. The number of anilines is 1. The van der Waals surface area contributed by atoms with E-state index in [1.807, 2.05) is 32.9 Å². The zero-order valence-corrected chi connectivity index (χ0v) is 15.6. The minimum Gasteiger partial charge on any atom is -0.340 e. The number of hydrogen-bond donors (Lipinski definition) is 2. The van der Waals surface area contributed by atoms with Crippen molar-refractivity contribution >= 4 is 17.5 Å². The number of hydrogen-bond acceptors (Lipinski definition) is 2. The molecule has 0 heterocycles. The van der Waals surface area contributed by atoms with Gasteiger partial charge in [0.05, 0.1) is 0 Å². The standard InChI is InChI=1S/C21H25FN2O2/c1-13(2)11-19(24-20(25)17-8-6-5-7-14(17)3)21(26)23-18-10-9-16(22)12-15(18)4/h5-10,12-13,19H,11H2,1-4H3,(H,23,26)(H,24,25)/t19-/m1/s1. The molecule has 2 amide bonds. The van der Waals surface area contributed by atoms with Crippen LogP contribution in [0.5, 0.6) is 0 Å². The van der Waals surface area contributed by atoms with E-state index >= 15 is 0 Å². The molecule has 0 aromatic heterocycles. The molecule has 2 aromatic carbocycles. The summed E-state index contributed by atoms with van der Waals surface area (Å²) in [6.45, 7) is 7.56. The molecule has 2 N–H and O–H groups in total. The number of carbonyl (C=O) groups excluding carboxylic acids is 2. The molecule has 1 atom stereocenters. The summed E-state index contributed by atoms with van der Waals surface area (Å²) in [5.74, 6) is -0.723. The molecule has 0 saturated heterocycles. The maximum Gasteiger partial charge on any atom is 0.252 e.